The fourth-order valence-electron chi connectivity index (χ4n) is 1.64. The minimum atomic E-state index is 0.467. The normalized spacial score (nSPS) is 10.8. The number of halogens is 1. The molecule has 1 aromatic rings. The zero-order valence-electron chi connectivity index (χ0n) is 13.4. The third-order valence-electron chi connectivity index (χ3n) is 2.74. The van der Waals surface area contributed by atoms with Gasteiger partial charge < -0.3 is 29.4 Å². The van der Waals surface area contributed by atoms with Crippen molar-refractivity contribution < 1.29 is 23.7 Å². The second kappa shape index (κ2) is 14.9. The molecule has 1 rings (SSSR count). The minimum absolute atomic E-state index is 0.467. The lowest BCUT2D eigenvalue weighted by atomic mass is 10.3. The van der Waals surface area contributed by atoms with Gasteiger partial charge in [-0.25, -0.2) is 0 Å². The lowest BCUT2D eigenvalue weighted by Crippen LogP contribution is -2.14. The molecule has 0 atom stereocenters. The predicted molar refractivity (Wildman–Crippen MR) is 98.5 cm³/mol. The van der Waals surface area contributed by atoms with Crippen LogP contribution >= 0.6 is 22.6 Å². The van der Waals surface area contributed by atoms with E-state index in [0.29, 0.717) is 64.3 Å². The van der Waals surface area contributed by atoms with Crippen LogP contribution in [0.2, 0.25) is 0 Å². The molecule has 0 unspecified atom stereocenters. The van der Waals surface area contributed by atoms with Crippen LogP contribution in [0.3, 0.4) is 0 Å². The van der Waals surface area contributed by atoms with Gasteiger partial charge in [-0.1, -0.05) is 34.7 Å². The maximum absolute atomic E-state index is 5.77. The minimum Gasteiger partial charge on any atom is -0.489 e. The molecular formula is C16H26INO5. The first kappa shape index (κ1) is 20.4. The molecular weight excluding hydrogens is 413 g/mol. The van der Waals surface area contributed by atoms with Crippen LogP contribution in [0, 0.1) is 0 Å². The Morgan fingerprint density at radius 1 is 0.696 bits per heavy atom. The third kappa shape index (κ3) is 11.5. The van der Waals surface area contributed by atoms with Crippen LogP contribution in [0.5, 0.6) is 5.75 Å². The van der Waals surface area contributed by atoms with Gasteiger partial charge in [0, 0.05) is 4.43 Å². The Balaban J connectivity index is 1.79. The summed E-state index contributed by atoms with van der Waals surface area (Å²) in [4.78, 5) is 0. The first-order chi connectivity index (χ1) is 11.3. The van der Waals surface area contributed by atoms with Crippen LogP contribution < -0.4 is 10.5 Å². The summed E-state index contributed by atoms with van der Waals surface area (Å²) in [5.41, 5.74) is 6.40. The molecule has 0 fully saturated rings. The van der Waals surface area contributed by atoms with Crippen LogP contribution in [-0.4, -0.2) is 63.9 Å². The summed E-state index contributed by atoms with van der Waals surface area (Å²) in [5.74, 6) is 0.687. The van der Waals surface area contributed by atoms with Crippen molar-refractivity contribution in [2.24, 2.45) is 0 Å². The Labute approximate surface area is 151 Å². The van der Waals surface area contributed by atoms with Gasteiger partial charge in [0.25, 0.3) is 0 Å². The summed E-state index contributed by atoms with van der Waals surface area (Å²) in [6.45, 7) is 5.20. The summed E-state index contributed by atoms with van der Waals surface area (Å²) in [6.07, 6.45) is 0. The number of nitrogen functional groups attached to an aromatic ring is 1. The molecule has 0 saturated carbocycles. The van der Waals surface area contributed by atoms with Gasteiger partial charge in [0.1, 0.15) is 12.4 Å². The van der Waals surface area contributed by atoms with E-state index in [4.69, 9.17) is 29.4 Å². The summed E-state index contributed by atoms with van der Waals surface area (Å²) in [7, 11) is 0. The van der Waals surface area contributed by atoms with Gasteiger partial charge in [0.05, 0.1) is 58.5 Å². The van der Waals surface area contributed by atoms with Crippen LogP contribution in [0.25, 0.3) is 0 Å². The van der Waals surface area contributed by atoms with Crippen molar-refractivity contribution in [3.8, 4) is 5.75 Å². The van der Waals surface area contributed by atoms with E-state index in [2.05, 4.69) is 22.6 Å². The second-order valence-electron chi connectivity index (χ2n) is 4.52. The summed E-state index contributed by atoms with van der Waals surface area (Å²) in [6, 6.07) is 7.41. The fourth-order valence-corrected chi connectivity index (χ4v) is 1.95. The van der Waals surface area contributed by atoms with Gasteiger partial charge in [0.15, 0.2) is 0 Å². The monoisotopic (exact) mass is 439 g/mol. The molecule has 1 aromatic carbocycles. The number of hydrogen-bond donors (Lipinski definition) is 1. The van der Waals surface area contributed by atoms with Gasteiger partial charge in [-0.3, -0.25) is 0 Å². The molecule has 0 saturated heterocycles. The highest BCUT2D eigenvalue weighted by molar-refractivity contribution is 14.1. The van der Waals surface area contributed by atoms with Gasteiger partial charge in [0.2, 0.25) is 0 Å². The molecule has 132 valence electrons. The summed E-state index contributed by atoms with van der Waals surface area (Å²) < 4.78 is 28.0. The first-order valence-electron chi connectivity index (χ1n) is 7.69. The van der Waals surface area contributed by atoms with Crippen LogP contribution in [-0.2, 0) is 18.9 Å². The number of hydrogen-bond acceptors (Lipinski definition) is 6. The van der Waals surface area contributed by atoms with E-state index in [1.54, 1.807) is 0 Å². The Bertz CT molecular complexity index is 394. The van der Waals surface area contributed by atoms with Gasteiger partial charge >= 0.3 is 0 Å². The molecule has 0 radical (unpaired) electrons. The fraction of sp³-hybridized carbons (Fsp3) is 0.625. The molecule has 23 heavy (non-hydrogen) atoms. The molecule has 0 aromatic heterocycles. The molecule has 0 aliphatic heterocycles. The van der Waals surface area contributed by atoms with Crippen LogP contribution in [0.15, 0.2) is 24.3 Å². The number of anilines is 1. The molecule has 0 heterocycles. The average Bonchev–Trinajstić information content (AvgIpc) is 2.57. The summed E-state index contributed by atoms with van der Waals surface area (Å²) >= 11 is 2.28. The molecule has 0 amide bonds. The SMILES string of the molecule is Nc1ccccc1OCCOCCOCCOCCOCCI. The maximum Gasteiger partial charge on any atom is 0.142 e. The molecule has 0 spiro atoms. The van der Waals surface area contributed by atoms with Crippen molar-refractivity contribution in [1.29, 1.82) is 0 Å². The standard InChI is InChI=1S/C16H26INO5/c17-5-6-19-7-8-20-9-10-21-11-12-22-13-14-23-16-4-2-1-3-15(16)18/h1-4H,5-14,18H2. The van der Waals surface area contributed by atoms with E-state index < -0.39 is 0 Å². The first-order valence-corrected chi connectivity index (χ1v) is 9.21. The Morgan fingerprint density at radius 2 is 1.17 bits per heavy atom. The number of ether oxygens (including phenoxy) is 5. The molecule has 7 heteroatoms. The highest BCUT2D eigenvalue weighted by Crippen LogP contribution is 2.19. The Hall–Kier alpha value is -0.610. The topological polar surface area (TPSA) is 72.2 Å². The van der Waals surface area contributed by atoms with Crippen molar-refractivity contribution in [3.63, 3.8) is 0 Å². The highest BCUT2D eigenvalue weighted by atomic mass is 127. The predicted octanol–water partition coefficient (Wildman–Crippen LogP) is 2.15. The Kier molecular flexibility index (Phi) is 13.3. The van der Waals surface area contributed by atoms with Gasteiger partial charge in [-0.2, -0.15) is 0 Å². The zero-order valence-corrected chi connectivity index (χ0v) is 15.5. The summed E-state index contributed by atoms with van der Waals surface area (Å²) in [5, 5.41) is 0. The zero-order chi connectivity index (χ0) is 16.6. The largest absolute Gasteiger partial charge is 0.489 e. The van der Waals surface area contributed by atoms with Crippen molar-refractivity contribution in [1.82, 2.24) is 0 Å². The maximum atomic E-state index is 5.77. The van der Waals surface area contributed by atoms with Crippen molar-refractivity contribution in [2.45, 2.75) is 0 Å². The van der Waals surface area contributed by atoms with Crippen molar-refractivity contribution in [3.05, 3.63) is 24.3 Å². The highest BCUT2D eigenvalue weighted by Gasteiger charge is 1.98. The lowest BCUT2D eigenvalue weighted by molar-refractivity contribution is -0.00305. The second-order valence-corrected chi connectivity index (χ2v) is 5.60. The molecule has 0 aliphatic carbocycles. The van der Waals surface area contributed by atoms with Crippen LogP contribution in [0.4, 0.5) is 5.69 Å². The number of alkyl halides is 1. The van der Waals surface area contributed by atoms with E-state index in [1.807, 2.05) is 24.3 Å². The average molecular weight is 439 g/mol. The van der Waals surface area contributed by atoms with E-state index in [-0.39, 0.29) is 0 Å². The van der Waals surface area contributed by atoms with Crippen LogP contribution in [0.1, 0.15) is 0 Å². The van der Waals surface area contributed by atoms with E-state index in [9.17, 15) is 0 Å². The lowest BCUT2D eigenvalue weighted by Gasteiger charge is -2.09. The molecule has 0 aliphatic rings. The molecule has 0 bridgehead atoms. The molecule has 6 nitrogen and oxygen atoms in total. The smallest absolute Gasteiger partial charge is 0.142 e. The third-order valence-corrected chi connectivity index (χ3v) is 3.18. The number of benzene rings is 1. The van der Waals surface area contributed by atoms with E-state index >= 15 is 0 Å². The number of rotatable bonds is 15. The molecule has 2 N–H and O–H groups in total. The Morgan fingerprint density at radius 3 is 1.70 bits per heavy atom. The van der Waals surface area contributed by atoms with Crippen molar-refractivity contribution in [2.75, 3.05) is 69.6 Å². The van der Waals surface area contributed by atoms with E-state index in [0.717, 1.165) is 11.0 Å². The van der Waals surface area contributed by atoms with Gasteiger partial charge in [-0.15, -0.1) is 0 Å². The van der Waals surface area contributed by atoms with E-state index in [1.165, 1.54) is 0 Å². The van der Waals surface area contributed by atoms with Gasteiger partial charge in [-0.05, 0) is 12.1 Å². The quantitative estimate of drug-likeness (QED) is 0.196. The number of para-hydroxylation sites is 2. The van der Waals surface area contributed by atoms with Crippen molar-refractivity contribution >= 4 is 28.3 Å². The number of nitrogens with two attached hydrogens (primary N) is 1.